The number of benzene rings is 1. The van der Waals surface area contributed by atoms with E-state index in [1.54, 1.807) is 35.5 Å². The quantitative estimate of drug-likeness (QED) is 0.864. The van der Waals surface area contributed by atoms with Gasteiger partial charge in [-0.05, 0) is 47.1 Å². The zero-order valence-corrected chi connectivity index (χ0v) is 11.9. The van der Waals surface area contributed by atoms with Crippen molar-refractivity contribution in [3.8, 4) is 0 Å². The predicted molar refractivity (Wildman–Crippen MR) is 75.7 cm³/mol. The van der Waals surface area contributed by atoms with E-state index in [0.29, 0.717) is 12.1 Å². The second-order valence-corrected chi connectivity index (χ2v) is 4.65. The van der Waals surface area contributed by atoms with Crippen LogP contribution in [0.25, 0.3) is 0 Å². The molecule has 19 heavy (non-hydrogen) atoms. The number of pyridine rings is 1. The number of anilines is 1. The van der Waals surface area contributed by atoms with Gasteiger partial charge in [-0.1, -0.05) is 6.07 Å². The van der Waals surface area contributed by atoms with Gasteiger partial charge in [-0.25, -0.2) is 4.39 Å². The minimum absolute atomic E-state index is 0.188. The molecule has 0 spiro atoms. The number of carbonyl (C=O) groups is 1. The number of hydrogen-bond acceptors (Lipinski definition) is 2. The molecule has 3 nitrogen and oxygen atoms in total. The fourth-order valence-corrected chi connectivity index (χ4v) is 2.22. The summed E-state index contributed by atoms with van der Waals surface area (Å²) in [5.74, 6) is -0.697. The zero-order chi connectivity index (χ0) is 13.8. The van der Waals surface area contributed by atoms with Crippen LogP contribution in [0.5, 0.6) is 0 Å². The fourth-order valence-electron chi connectivity index (χ4n) is 1.78. The summed E-state index contributed by atoms with van der Waals surface area (Å²) in [6, 6.07) is 7.92. The van der Waals surface area contributed by atoms with Crippen molar-refractivity contribution >= 4 is 27.5 Å². The lowest BCUT2D eigenvalue weighted by molar-refractivity contribution is 0.0987. The molecule has 98 valence electrons. The molecule has 2 aromatic rings. The molecule has 1 aromatic heterocycles. The van der Waals surface area contributed by atoms with Gasteiger partial charge in [0.2, 0.25) is 0 Å². The van der Waals surface area contributed by atoms with E-state index in [2.05, 4.69) is 20.9 Å². The molecule has 1 aromatic carbocycles. The van der Waals surface area contributed by atoms with Gasteiger partial charge in [-0.15, -0.1) is 0 Å². The molecule has 0 atom stereocenters. The van der Waals surface area contributed by atoms with Crippen LogP contribution in [0.2, 0.25) is 0 Å². The van der Waals surface area contributed by atoms with E-state index >= 15 is 0 Å². The van der Waals surface area contributed by atoms with E-state index < -0.39 is 5.82 Å². The van der Waals surface area contributed by atoms with Crippen molar-refractivity contribution in [2.45, 2.75) is 6.92 Å². The minimum Gasteiger partial charge on any atom is -0.309 e. The van der Waals surface area contributed by atoms with Crippen LogP contribution in [-0.2, 0) is 0 Å². The highest BCUT2D eigenvalue weighted by Crippen LogP contribution is 2.24. The number of aromatic nitrogens is 1. The molecule has 5 heteroatoms. The highest BCUT2D eigenvalue weighted by molar-refractivity contribution is 9.10. The van der Waals surface area contributed by atoms with Crippen LogP contribution < -0.4 is 4.90 Å². The summed E-state index contributed by atoms with van der Waals surface area (Å²) in [7, 11) is 0. The summed E-state index contributed by atoms with van der Waals surface area (Å²) in [4.78, 5) is 17.9. The van der Waals surface area contributed by atoms with Crippen LogP contribution in [0.4, 0.5) is 10.1 Å². The van der Waals surface area contributed by atoms with Gasteiger partial charge in [0.1, 0.15) is 5.82 Å². The number of halogens is 2. The van der Waals surface area contributed by atoms with Gasteiger partial charge >= 0.3 is 0 Å². The Hall–Kier alpha value is -1.75. The Morgan fingerprint density at radius 2 is 2.00 bits per heavy atom. The van der Waals surface area contributed by atoms with E-state index in [1.807, 2.05) is 6.92 Å². The molecule has 0 saturated carbocycles. The van der Waals surface area contributed by atoms with Crippen LogP contribution in [0, 0.1) is 5.82 Å². The number of nitrogens with zero attached hydrogens (tertiary/aromatic N) is 2. The monoisotopic (exact) mass is 322 g/mol. The van der Waals surface area contributed by atoms with E-state index in [-0.39, 0.29) is 10.4 Å². The fraction of sp³-hybridized carbons (Fsp3) is 0.143. The number of amides is 1. The first-order valence-electron chi connectivity index (χ1n) is 5.81. The van der Waals surface area contributed by atoms with Crippen molar-refractivity contribution in [3.63, 3.8) is 0 Å². The molecule has 1 heterocycles. The SMILES string of the molecule is CCN(C(=O)c1cccc(F)c1Br)c1ccncc1. The third-order valence-electron chi connectivity index (χ3n) is 2.72. The second kappa shape index (κ2) is 5.93. The maximum absolute atomic E-state index is 13.5. The molecular formula is C14H12BrFN2O. The lowest BCUT2D eigenvalue weighted by atomic mass is 10.2. The van der Waals surface area contributed by atoms with Gasteiger partial charge in [0, 0.05) is 24.6 Å². The van der Waals surface area contributed by atoms with Crippen molar-refractivity contribution in [3.05, 3.63) is 58.6 Å². The first kappa shape index (κ1) is 13.7. The van der Waals surface area contributed by atoms with E-state index in [9.17, 15) is 9.18 Å². The number of rotatable bonds is 3. The average molecular weight is 323 g/mol. The minimum atomic E-state index is -0.448. The normalized spacial score (nSPS) is 10.3. The first-order valence-corrected chi connectivity index (χ1v) is 6.60. The van der Waals surface area contributed by atoms with Crippen LogP contribution in [0.1, 0.15) is 17.3 Å². The Labute approximate surface area is 119 Å². The molecule has 0 aliphatic rings. The lowest BCUT2D eigenvalue weighted by Crippen LogP contribution is -2.31. The van der Waals surface area contributed by atoms with Crippen molar-refractivity contribution < 1.29 is 9.18 Å². The van der Waals surface area contributed by atoms with Crippen molar-refractivity contribution in [2.75, 3.05) is 11.4 Å². The molecule has 0 N–H and O–H groups in total. The third-order valence-corrected chi connectivity index (χ3v) is 3.52. The van der Waals surface area contributed by atoms with Gasteiger partial charge in [0.15, 0.2) is 0 Å². The Kier molecular flexibility index (Phi) is 4.27. The van der Waals surface area contributed by atoms with Crippen LogP contribution >= 0.6 is 15.9 Å². The van der Waals surface area contributed by atoms with Gasteiger partial charge in [0.25, 0.3) is 5.91 Å². The zero-order valence-electron chi connectivity index (χ0n) is 10.3. The summed E-state index contributed by atoms with van der Waals surface area (Å²) in [5.41, 5.74) is 1.04. The summed E-state index contributed by atoms with van der Waals surface area (Å²) < 4.78 is 13.7. The molecule has 0 aliphatic carbocycles. The third kappa shape index (κ3) is 2.81. The van der Waals surface area contributed by atoms with Gasteiger partial charge < -0.3 is 4.90 Å². The van der Waals surface area contributed by atoms with Crippen molar-refractivity contribution in [1.82, 2.24) is 4.98 Å². The molecular weight excluding hydrogens is 311 g/mol. The molecule has 0 bridgehead atoms. The molecule has 0 radical (unpaired) electrons. The van der Waals surface area contributed by atoms with Crippen LogP contribution in [0.15, 0.2) is 47.2 Å². The van der Waals surface area contributed by atoms with Gasteiger partial charge in [-0.3, -0.25) is 9.78 Å². The molecule has 0 aliphatic heterocycles. The summed E-state index contributed by atoms with van der Waals surface area (Å²) in [5, 5.41) is 0. The Morgan fingerprint density at radius 1 is 1.32 bits per heavy atom. The maximum atomic E-state index is 13.5. The molecule has 1 amide bonds. The molecule has 0 fully saturated rings. The molecule has 0 saturated heterocycles. The van der Waals surface area contributed by atoms with E-state index in [1.165, 1.54) is 12.1 Å². The molecule has 0 unspecified atom stereocenters. The highest BCUT2D eigenvalue weighted by Gasteiger charge is 2.19. The van der Waals surface area contributed by atoms with Crippen LogP contribution in [0.3, 0.4) is 0 Å². The summed E-state index contributed by atoms with van der Waals surface area (Å²) in [6.45, 7) is 2.36. The predicted octanol–water partition coefficient (Wildman–Crippen LogP) is 3.65. The topological polar surface area (TPSA) is 33.2 Å². The number of carbonyl (C=O) groups excluding carboxylic acids is 1. The lowest BCUT2D eigenvalue weighted by Gasteiger charge is -2.21. The number of hydrogen-bond donors (Lipinski definition) is 0. The van der Waals surface area contributed by atoms with E-state index in [4.69, 9.17) is 0 Å². The smallest absolute Gasteiger partial charge is 0.259 e. The Balaban J connectivity index is 2.39. The standard InChI is InChI=1S/C14H12BrFN2O/c1-2-18(10-6-8-17-9-7-10)14(19)11-4-3-5-12(16)13(11)15/h3-9H,2H2,1H3. The van der Waals surface area contributed by atoms with Crippen molar-refractivity contribution in [1.29, 1.82) is 0 Å². The first-order chi connectivity index (χ1) is 9.15. The Morgan fingerprint density at radius 3 is 2.63 bits per heavy atom. The van der Waals surface area contributed by atoms with Gasteiger partial charge in [-0.2, -0.15) is 0 Å². The molecule has 2 rings (SSSR count). The highest BCUT2D eigenvalue weighted by atomic mass is 79.9. The van der Waals surface area contributed by atoms with E-state index in [0.717, 1.165) is 5.69 Å². The van der Waals surface area contributed by atoms with Crippen molar-refractivity contribution in [2.24, 2.45) is 0 Å². The summed E-state index contributed by atoms with van der Waals surface area (Å²) in [6.07, 6.45) is 3.23. The summed E-state index contributed by atoms with van der Waals surface area (Å²) >= 11 is 3.12. The van der Waals surface area contributed by atoms with Gasteiger partial charge in [0.05, 0.1) is 10.0 Å². The largest absolute Gasteiger partial charge is 0.309 e. The Bertz CT molecular complexity index is 589. The maximum Gasteiger partial charge on any atom is 0.259 e. The average Bonchev–Trinajstić information content (AvgIpc) is 2.44. The van der Waals surface area contributed by atoms with Crippen LogP contribution in [-0.4, -0.2) is 17.4 Å². The second-order valence-electron chi connectivity index (χ2n) is 3.86.